The second kappa shape index (κ2) is 5.83. The minimum absolute atomic E-state index is 0.260. The molecule has 0 bridgehead atoms. The molecule has 2 aromatic carbocycles. The highest BCUT2D eigenvalue weighted by Crippen LogP contribution is 2.42. The minimum Gasteiger partial charge on any atom is -0.373 e. The summed E-state index contributed by atoms with van der Waals surface area (Å²) in [5, 5.41) is 4.51. The van der Waals surface area contributed by atoms with Crippen LogP contribution >= 0.6 is 0 Å². The molecule has 2 aromatic rings. The highest BCUT2D eigenvalue weighted by molar-refractivity contribution is 6.20. The molecule has 1 spiro atoms. The van der Waals surface area contributed by atoms with Crippen molar-refractivity contribution in [3.05, 3.63) is 42.0 Å². The lowest BCUT2D eigenvalue weighted by molar-refractivity contribution is -0.151. The molecule has 6 nitrogen and oxygen atoms in total. The first-order valence-electron chi connectivity index (χ1n) is 8.87. The first-order valence-corrected chi connectivity index (χ1v) is 8.87. The number of carbonyl (C=O) groups is 3. The number of amides is 4. The normalized spacial score (nSPS) is 22.8. The van der Waals surface area contributed by atoms with Crippen LogP contribution in [0.5, 0.6) is 0 Å². The van der Waals surface area contributed by atoms with Crippen molar-refractivity contribution in [3.63, 3.8) is 0 Å². The van der Waals surface area contributed by atoms with Gasteiger partial charge < -0.3 is 4.90 Å². The van der Waals surface area contributed by atoms with Gasteiger partial charge in [-0.25, -0.2) is 4.79 Å². The Hall–Kier alpha value is -2.89. The molecule has 2 aliphatic heterocycles. The summed E-state index contributed by atoms with van der Waals surface area (Å²) >= 11 is 0. The number of imide groups is 2. The summed E-state index contributed by atoms with van der Waals surface area (Å²) in [6.45, 7) is 2.47. The molecule has 4 amide bonds. The van der Waals surface area contributed by atoms with Gasteiger partial charge in [-0.2, -0.15) is 0 Å². The molecule has 0 aromatic heterocycles. The van der Waals surface area contributed by atoms with Gasteiger partial charge in [0.25, 0.3) is 0 Å². The smallest absolute Gasteiger partial charge is 0.330 e. The van der Waals surface area contributed by atoms with Gasteiger partial charge in [-0.1, -0.05) is 37.3 Å². The number of nitrogens with zero attached hydrogens (tertiary/aromatic N) is 2. The van der Waals surface area contributed by atoms with Crippen LogP contribution in [0.15, 0.2) is 36.4 Å². The Kier molecular flexibility index (Phi) is 3.72. The maximum Gasteiger partial charge on any atom is 0.330 e. The number of fused-ring (bicyclic) bond motifs is 3. The molecule has 0 saturated carbocycles. The van der Waals surface area contributed by atoms with Crippen LogP contribution in [0.2, 0.25) is 0 Å². The number of benzene rings is 2. The van der Waals surface area contributed by atoms with E-state index in [-0.39, 0.29) is 6.54 Å². The van der Waals surface area contributed by atoms with Crippen LogP contribution in [0.25, 0.3) is 10.8 Å². The largest absolute Gasteiger partial charge is 0.373 e. The Morgan fingerprint density at radius 2 is 1.88 bits per heavy atom. The van der Waals surface area contributed by atoms with Crippen LogP contribution in [0.3, 0.4) is 0 Å². The van der Waals surface area contributed by atoms with Gasteiger partial charge in [-0.05, 0) is 28.8 Å². The Morgan fingerprint density at radius 3 is 2.65 bits per heavy atom. The van der Waals surface area contributed by atoms with E-state index >= 15 is 0 Å². The maximum atomic E-state index is 13.2. The summed E-state index contributed by atoms with van der Waals surface area (Å²) < 4.78 is 0. The molecule has 1 fully saturated rings. The third kappa shape index (κ3) is 2.21. The molecule has 134 valence electrons. The second-order valence-corrected chi connectivity index (χ2v) is 7.12. The SMILES string of the molecule is CCCN1C(=O)NC(=O)[C@@]2(Cc3c(ccc4ccccc34)N(C)C2)C1=O. The Bertz CT molecular complexity index is 939. The zero-order chi connectivity index (χ0) is 18.5. The third-order valence-corrected chi connectivity index (χ3v) is 5.41. The molecular formula is C20H21N3O3. The van der Waals surface area contributed by atoms with E-state index in [0.29, 0.717) is 19.4 Å². The first kappa shape index (κ1) is 16.6. The van der Waals surface area contributed by atoms with Gasteiger partial charge in [0, 0.05) is 32.2 Å². The van der Waals surface area contributed by atoms with Crippen molar-refractivity contribution in [3.8, 4) is 0 Å². The average molecular weight is 351 g/mol. The van der Waals surface area contributed by atoms with E-state index in [0.717, 1.165) is 22.0 Å². The molecule has 26 heavy (non-hydrogen) atoms. The molecule has 1 saturated heterocycles. The Balaban J connectivity index is 1.86. The number of nitrogens with one attached hydrogen (secondary N) is 1. The highest BCUT2D eigenvalue weighted by Gasteiger charge is 2.56. The number of anilines is 1. The van der Waals surface area contributed by atoms with Crippen molar-refractivity contribution in [1.29, 1.82) is 0 Å². The predicted molar refractivity (Wildman–Crippen MR) is 98.9 cm³/mol. The lowest BCUT2D eigenvalue weighted by Gasteiger charge is -2.45. The fraction of sp³-hybridized carbons (Fsp3) is 0.350. The van der Waals surface area contributed by atoms with Crippen LogP contribution in [0, 0.1) is 5.41 Å². The summed E-state index contributed by atoms with van der Waals surface area (Å²) in [4.78, 5) is 41.3. The number of barbiturate groups is 1. The predicted octanol–water partition coefficient (Wildman–Crippen LogP) is 2.31. The molecular weight excluding hydrogens is 330 g/mol. The molecule has 4 rings (SSSR count). The van der Waals surface area contributed by atoms with E-state index < -0.39 is 23.3 Å². The lowest BCUT2D eigenvalue weighted by Crippen LogP contribution is -2.68. The highest BCUT2D eigenvalue weighted by atomic mass is 16.2. The lowest BCUT2D eigenvalue weighted by atomic mass is 9.73. The summed E-state index contributed by atoms with van der Waals surface area (Å²) in [7, 11) is 1.88. The van der Waals surface area contributed by atoms with E-state index in [1.807, 2.05) is 49.2 Å². The number of urea groups is 1. The monoisotopic (exact) mass is 351 g/mol. The summed E-state index contributed by atoms with van der Waals surface area (Å²) in [6.07, 6.45) is 0.949. The van der Waals surface area contributed by atoms with Gasteiger partial charge in [-0.3, -0.25) is 19.8 Å². The van der Waals surface area contributed by atoms with Crippen molar-refractivity contribution in [1.82, 2.24) is 10.2 Å². The van der Waals surface area contributed by atoms with Crippen molar-refractivity contribution < 1.29 is 14.4 Å². The molecule has 2 aliphatic rings. The number of hydrogen-bond acceptors (Lipinski definition) is 4. The maximum absolute atomic E-state index is 13.2. The summed E-state index contributed by atoms with van der Waals surface area (Å²) in [5.41, 5.74) is 0.731. The molecule has 1 atom stereocenters. The summed E-state index contributed by atoms with van der Waals surface area (Å²) in [5.74, 6) is -0.885. The molecule has 2 heterocycles. The van der Waals surface area contributed by atoms with Crippen molar-refractivity contribution in [2.24, 2.45) is 5.41 Å². The van der Waals surface area contributed by atoms with Gasteiger partial charge in [0.2, 0.25) is 11.8 Å². The molecule has 0 unspecified atom stereocenters. The standard InChI is InChI=1S/C20H21N3O3/c1-3-10-23-18(25)20(17(24)21-19(23)26)11-15-14-7-5-4-6-13(14)8-9-16(15)22(2)12-20/h4-9H,3,10-12H2,1-2H3,(H,21,24,26)/t20-/m0/s1. The zero-order valence-corrected chi connectivity index (χ0v) is 14.9. The van der Waals surface area contributed by atoms with Crippen LogP contribution in [-0.4, -0.2) is 42.9 Å². The van der Waals surface area contributed by atoms with Crippen LogP contribution in [0.4, 0.5) is 10.5 Å². The number of rotatable bonds is 2. The van der Waals surface area contributed by atoms with E-state index in [1.54, 1.807) is 0 Å². The van der Waals surface area contributed by atoms with Crippen molar-refractivity contribution in [2.75, 3.05) is 25.0 Å². The second-order valence-electron chi connectivity index (χ2n) is 7.12. The van der Waals surface area contributed by atoms with E-state index in [1.165, 1.54) is 4.90 Å². The van der Waals surface area contributed by atoms with Gasteiger partial charge in [0.15, 0.2) is 0 Å². The fourth-order valence-electron chi connectivity index (χ4n) is 4.17. The van der Waals surface area contributed by atoms with Crippen LogP contribution in [-0.2, 0) is 16.0 Å². The van der Waals surface area contributed by atoms with E-state index in [9.17, 15) is 14.4 Å². The van der Waals surface area contributed by atoms with Gasteiger partial charge in [0.05, 0.1) is 0 Å². The number of carbonyl (C=O) groups excluding carboxylic acids is 3. The number of hydrogen-bond donors (Lipinski definition) is 1. The van der Waals surface area contributed by atoms with Gasteiger partial charge in [0.1, 0.15) is 5.41 Å². The van der Waals surface area contributed by atoms with Crippen molar-refractivity contribution in [2.45, 2.75) is 19.8 Å². The first-order chi connectivity index (χ1) is 12.5. The fourth-order valence-corrected chi connectivity index (χ4v) is 4.17. The third-order valence-electron chi connectivity index (χ3n) is 5.41. The van der Waals surface area contributed by atoms with Gasteiger partial charge >= 0.3 is 6.03 Å². The zero-order valence-electron chi connectivity index (χ0n) is 14.9. The quantitative estimate of drug-likeness (QED) is 0.843. The molecule has 6 heteroatoms. The minimum atomic E-state index is -1.27. The topological polar surface area (TPSA) is 69.7 Å². The Morgan fingerprint density at radius 1 is 1.12 bits per heavy atom. The molecule has 0 radical (unpaired) electrons. The Labute approximate surface area is 151 Å². The molecule has 1 N–H and O–H groups in total. The summed E-state index contributed by atoms with van der Waals surface area (Å²) in [6, 6.07) is 11.4. The molecule has 0 aliphatic carbocycles. The van der Waals surface area contributed by atoms with Crippen LogP contribution < -0.4 is 10.2 Å². The van der Waals surface area contributed by atoms with Gasteiger partial charge in [-0.15, -0.1) is 0 Å². The van der Waals surface area contributed by atoms with Crippen molar-refractivity contribution >= 4 is 34.3 Å². The average Bonchev–Trinajstić information content (AvgIpc) is 2.64. The van der Waals surface area contributed by atoms with Crippen LogP contribution in [0.1, 0.15) is 18.9 Å². The van der Waals surface area contributed by atoms with E-state index in [2.05, 4.69) is 11.4 Å². The van der Waals surface area contributed by atoms with E-state index in [4.69, 9.17) is 0 Å².